The van der Waals surface area contributed by atoms with Gasteiger partial charge in [-0.15, -0.1) is 0 Å². The van der Waals surface area contributed by atoms with Crippen molar-refractivity contribution in [2.45, 2.75) is 26.3 Å². The van der Waals surface area contributed by atoms with Crippen molar-refractivity contribution in [2.75, 3.05) is 20.3 Å². The first-order chi connectivity index (χ1) is 16.5. The van der Waals surface area contributed by atoms with Crippen LogP contribution in [0.5, 0.6) is 0 Å². The van der Waals surface area contributed by atoms with E-state index in [1.807, 2.05) is 31.5 Å². The average Bonchev–Trinajstić information content (AvgIpc) is 3.39. The second-order valence-corrected chi connectivity index (χ2v) is 8.17. The molecule has 0 atom stereocenters. The molecular weight excluding hydrogens is 434 g/mol. The third-order valence-electron chi connectivity index (χ3n) is 5.74. The second-order valence-electron chi connectivity index (χ2n) is 8.17. The van der Waals surface area contributed by atoms with Gasteiger partial charge in [-0.2, -0.15) is 5.10 Å². The Morgan fingerprint density at radius 3 is 2.94 bits per heavy atom. The fourth-order valence-electron chi connectivity index (χ4n) is 4.10. The number of methoxy groups -OCH3 is 1. The summed E-state index contributed by atoms with van der Waals surface area (Å²) in [6.45, 7) is 3.22. The van der Waals surface area contributed by atoms with Crippen LogP contribution in [0, 0.1) is 6.92 Å². The van der Waals surface area contributed by atoms with E-state index in [-0.39, 0.29) is 11.5 Å². The molecule has 5 heterocycles. The molecule has 0 radical (unpaired) electrons. The molecule has 10 nitrogen and oxygen atoms in total. The van der Waals surface area contributed by atoms with E-state index in [0.29, 0.717) is 42.1 Å². The number of carbonyl (C=O) groups is 1. The van der Waals surface area contributed by atoms with Crippen LogP contribution < -0.4 is 10.9 Å². The van der Waals surface area contributed by atoms with Crippen LogP contribution >= 0.6 is 0 Å². The molecule has 0 fully saturated rings. The lowest BCUT2D eigenvalue weighted by Crippen LogP contribution is -2.27. The molecular formula is C24H25N7O3. The summed E-state index contributed by atoms with van der Waals surface area (Å²) >= 11 is 0. The second kappa shape index (κ2) is 9.06. The molecule has 0 saturated carbocycles. The molecule has 34 heavy (non-hydrogen) atoms. The largest absolute Gasteiger partial charge is 0.383 e. The minimum atomic E-state index is -0.251. The number of fused-ring (bicyclic) bond motifs is 3. The number of amides is 1. The van der Waals surface area contributed by atoms with E-state index in [2.05, 4.69) is 20.4 Å². The first-order valence-corrected chi connectivity index (χ1v) is 11.1. The predicted molar refractivity (Wildman–Crippen MR) is 127 cm³/mol. The maximum Gasteiger partial charge on any atom is 0.267 e. The van der Waals surface area contributed by atoms with Crippen LogP contribution in [0.3, 0.4) is 0 Å². The van der Waals surface area contributed by atoms with Crippen LogP contribution in [0.25, 0.3) is 22.3 Å². The Balaban J connectivity index is 1.34. The molecule has 174 valence electrons. The molecule has 0 aliphatic heterocycles. The monoisotopic (exact) mass is 459 g/mol. The van der Waals surface area contributed by atoms with Crippen LogP contribution in [0.4, 0.5) is 0 Å². The van der Waals surface area contributed by atoms with Crippen molar-refractivity contribution in [3.05, 3.63) is 76.2 Å². The average molecular weight is 460 g/mol. The fraction of sp³-hybridized carbons (Fsp3) is 0.292. The van der Waals surface area contributed by atoms with Crippen molar-refractivity contribution in [2.24, 2.45) is 0 Å². The van der Waals surface area contributed by atoms with Crippen molar-refractivity contribution in [3.63, 3.8) is 0 Å². The number of nitrogens with zero attached hydrogens (tertiary/aromatic N) is 6. The summed E-state index contributed by atoms with van der Waals surface area (Å²) in [6.07, 6.45) is 6.96. The highest BCUT2D eigenvalue weighted by molar-refractivity contribution is 5.98. The minimum absolute atomic E-state index is 0.206. The Labute approximate surface area is 194 Å². The third-order valence-corrected chi connectivity index (χ3v) is 5.74. The fourth-order valence-corrected chi connectivity index (χ4v) is 4.10. The van der Waals surface area contributed by atoms with Gasteiger partial charge in [-0.3, -0.25) is 14.0 Å². The van der Waals surface area contributed by atoms with Crippen LogP contribution in [-0.4, -0.2) is 54.7 Å². The van der Waals surface area contributed by atoms with Gasteiger partial charge in [-0.1, -0.05) is 6.07 Å². The predicted octanol–water partition coefficient (Wildman–Crippen LogP) is 2.01. The topological polar surface area (TPSA) is 108 Å². The number of rotatable bonds is 8. The van der Waals surface area contributed by atoms with Crippen LogP contribution in [0.15, 0.2) is 53.7 Å². The lowest BCUT2D eigenvalue weighted by Gasteiger charge is -2.10. The first kappa shape index (κ1) is 21.8. The number of carbonyl (C=O) groups excluding carboxylic acids is 1. The molecule has 0 aliphatic carbocycles. The zero-order chi connectivity index (χ0) is 23.7. The summed E-state index contributed by atoms with van der Waals surface area (Å²) < 4.78 is 10.2. The smallest absolute Gasteiger partial charge is 0.267 e. The maximum atomic E-state index is 13.1. The Morgan fingerprint density at radius 1 is 1.21 bits per heavy atom. The number of hydrogen-bond donors (Lipinski definition) is 1. The normalized spacial score (nSPS) is 11.6. The van der Waals surface area contributed by atoms with E-state index in [4.69, 9.17) is 4.74 Å². The van der Waals surface area contributed by atoms with E-state index < -0.39 is 0 Å². The summed E-state index contributed by atoms with van der Waals surface area (Å²) in [7, 11) is 1.60. The highest BCUT2D eigenvalue weighted by Gasteiger charge is 2.19. The van der Waals surface area contributed by atoms with Gasteiger partial charge in [0.15, 0.2) is 5.65 Å². The van der Waals surface area contributed by atoms with Crippen molar-refractivity contribution in [1.29, 1.82) is 0 Å². The van der Waals surface area contributed by atoms with Gasteiger partial charge in [0.2, 0.25) is 0 Å². The molecule has 5 aromatic heterocycles. The SMILES string of the molecule is COCCn1c(C(=O)NCCCc2cnc3cc(C)nn3c2)cc2c(=O)n3ccccc3nc21. The number of aryl methyl sites for hydroxylation is 2. The van der Waals surface area contributed by atoms with Crippen molar-refractivity contribution < 1.29 is 9.53 Å². The summed E-state index contributed by atoms with van der Waals surface area (Å²) in [5.74, 6) is -0.251. The zero-order valence-corrected chi connectivity index (χ0v) is 19.1. The lowest BCUT2D eigenvalue weighted by molar-refractivity contribution is 0.0941. The van der Waals surface area contributed by atoms with Gasteiger partial charge in [0, 0.05) is 44.9 Å². The van der Waals surface area contributed by atoms with Crippen molar-refractivity contribution in [3.8, 4) is 0 Å². The van der Waals surface area contributed by atoms with E-state index >= 15 is 0 Å². The first-order valence-electron chi connectivity index (χ1n) is 11.1. The Kier molecular flexibility index (Phi) is 5.81. The van der Waals surface area contributed by atoms with Gasteiger partial charge >= 0.3 is 0 Å². The summed E-state index contributed by atoms with van der Waals surface area (Å²) in [5, 5.41) is 7.76. The molecule has 0 unspecified atom stereocenters. The van der Waals surface area contributed by atoms with Gasteiger partial charge in [-0.25, -0.2) is 14.5 Å². The van der Waals surface area contributed by atoms with E-state index in [1.165, 1.54) is 4.40 Å². The quantitative estimate of drug-likeness (QED) is 0.356. The van der Waals surface area contributed by atoms with Crippen LogP contribution in [-0.2, 0) is 17.7 Å². The Morgan fingerprint density at radius 2 is 2.09 bits per heavy atom. The maximum absolute atomic E-state index is 13.1. The van der Waals surface area contributed by atoms with Crippen LogP contribution in [0.2, 0.25) is 0 Å². The third kappa shape index (κ3) is 4.03. The highest BCUT2D eigenvalue weighted by Crippen LogP contribution is 2.17. The summed E-state index contributed by atoms with van der Waals surface area (Å²) in [5.41, 5.74) is 3.97. The van der Waals surface area contributed by atoms with Gasteiger partial charge in [-0.05, 0) is 43.5 Å². The molecule has 0 aliphatic rings. The minimum Gasteiger partial charge on any atom is -0.383 e. The summed E-state index contributed by atoms with van der Waals surface area (Å²) in [4.78, 5) is 35.1. The zero-order valence-electron chi connectivity index (χ0n) is 19.1. The van der Waals surface area contributed by atoms with Gasteiger partial charge in [0.25, 0.3) is 11.5 Å². The van der Waals surface area contributed by atoms with Crippen molar-refractivity contribution in [1.82, 2.24) is 33.9 Å². The van der Waals surface area contributed by atoms with Crippen molar-refractivity contribution >= 4 is 28.2 Å². The summed E-state index contributed by atoms with van der Waals surface area (Å²) in [6, 6.07) is 8.91. The lowest BCUT2D eigenvalue weighted by atomic mass is 10.2. The molecule has 1 amide bonds. The molecule has 10 heteroatoms. The van der Waals surface area contributed by atoms with E-state index in [0.717, 1.165) is 29.7 Å². The van der Waals surface area contributed by atoms with Gasteiger partial charge < -0.3 is 14.6 Å². The molecule has 5 aromatic rings. The molecule has 0 spiro atoms. The molecule has 0 aromatic carbocycles. The molecule has 1 N–H and O–H groups in total. The number of pyridine rings is 1. The number of ether oxygens (including phenoxy) is 1. The highest BCUT2D eigenvalue weighted by atomic mass is 16.5. The molecule has 5 rings (SSSR count). The Hall–Kier alpha value is -4.05. The number of aromatic nitrogens is 6. The Bertz CT molecular complexity index is 1560. The molecule has 0 saturated heterocycles. The van der Waals surface area contributed by atoms with E-state index in [1.54, 1.807) is 40.6 Å². The van der Waals surface area contributed by atoms with Gasteiger partial charge in [0.05, 0.1) is 17.7 Å². The number of nitrogens with one attached hydrogen (secondary N) is 1. The standard InChI is InChI=1S/C24H25N7O3/c1-16-12-21-26-14-17(15-31(21)28-16)6-5-8-25-23(32)19-13-18-22(29(19)10-11-34-2)27-20-7-3-4-9-30(20)24(18)33/h3-4,7,9,12-15H,5-6,8,10-11H2,1-2H3,(H,25,32). The van der Waals surface area contributed by atoms with E-state index in [9.17, 15) is 9.59 Å². The molecule has 0 bridgehead atoms. The van der Waals surface area contributed by atoms with Crippen LogP contribution in [0.1, 0.15) is 28.2 Å². The van der Waals surface area contributed by atoms with Gasteiger partial charge in [0.1, 0.15) is 17.0 Å². The number of hydrogen-bond acceptors (Lipinski definition) is 6.